The van der Waals surface area contributed by atoms with Crippen molar-refractivity contribution in [3.8, 4) is 5.69 Å². The molecule has 0 aliphatic carbocycles. The van der Waals surface area contributed by atoms with Crippen LogP contribution in [0.4, 0.5) is 0 Å². The van der Waals surface area contributed by atoms with Crippen molar-refractivity contribution in [3.05, 3.63) is 48.3 Å². The molecular weight excluding hydrogens is 242 g/mol. The van der Waals surface area contributed by atoms with Crippen LogP contribution in [0.3, 0.4) is 0 Å². The van der Waals surface area contributed by atoms with Crippen molar-refractivity contribution in [2.24, 2.45) is 5.73 Å². The van der Waals surface area contributed by atoms with Crippen LogP contribution in [-0.2, 0) is 11.2 Å². The monoisotopic (exact) mass is 253 g/mol. The van der Waals surface area contributed by atoms with Crippen molar-refractivity contribution >= 4 is 16.7 Å². The van der Waals surface area contributed by atoms with Gasteiger partial charge in [-0.05, 0) is 21.9 Å². The number of nitrogens with zero attached hydrogens (tertiary/aromatic N) is 4. The van der Waals surface area contributed by atoms with Crippen LogP contribution in [0.2, 0.25) is 0 Å². The zero-order valence-corrected chi connectivity index (χ0v) is 10.0. The van der Waals surface area contributed by atoms with E-state index in [-0.39, 0.29) is 6.42 Å². The van der Waals surface area contributed by atoms with E-state index >= 15 is 0 Å². The fourth-order valence-corrected chi connectivity index (χ4v) is 2.05. The third-order valence-electron chi connectivity index (χ3n) is 2.86. The van der Waals surface area contributed by atoms with Crippen LogP contribution in [0.25, 0.3) is 16.5 Å². The summed E-state index contributed by atoms with van der Waals surface area (Å²) in [6.07, 6.45) is 0.0101. The molecule has 94 valence electrons. The highest BCUT2D eigenvalue weighted by Crippen LogP contribution is 2.21. The maximum atomic E-state index is 11.0. The molecule has 0 saturated carbocycles. The molecule has 0 fully saturated rings. The molecule has 1 amide bonds. The number of primary amides is 1. The highest BCUT2D eigenvalue weighted by atomic mass is 16.1. The number of fused-ring (bicyclic) bond motifs is 1. The maximum Gasteiger partial charge on any atom is 0.225 e. The molecule has 2 N–H and O–H groups in total. The van der Waals surface area contributed by atoms with Crippen molar-refractivity contribution in [2.75, 3.05) is 0 Å². The lowest BCUT2D eigenvalue weighted by Crippen LogP contribution is -2.17. The number of aromatic nitrogens is 4. The number of rotatable bonds is 3. The zero-order valence-electron chi connectivity index (χ0n) is 10.0. The molecule has 2 aromatic carbocycles. The number of tetrazole rings is 1. The van der Waals surface area contributed by atoms with E-state index in [0.29, 0.717) is 5.82 Å². The Morgan fingerprint density at radius 1 is 1.16 bits per heavy atom. The number of carbonyl (C=O) groups excluding carboxylic acids is 1. The van der Waals surface area contributed by atoms with E-state index in [1.54, 1.807) is 4.68 Å². The van der Waals surface area contributed by atoms with Gasteiger partial charge in [0.1, 0.15) is 0 Å². The van der Waals surface area contributed by atoms with Gasteiger partial charge in [0.15, 0.2) is 5.82 Å². The standard InChI is InChI=1S/C13H11N5O/c14-12(19)8-13-15-16-17-18(13)11-7-3-5-9-4-1-2-6-10(9)11/h1-7H,8H2,(H2,14,19). The lowest BCUT2D eigenvalue weighted by molar-refractivity contribution is -0.117. The molecule has 1 heterocycles. The van der Waals surface area contributed by atoms with Crippen LogP contribution in [0, 0.1) is 0 Å². The first kappa shape index (κ1) is 11.3. The van der Waals surface area contributed by atoms with Gasteiger partial charge < -0.3 is 5.73 Å². The third kappa shape index (κ3) is 2.03. The average Bonchev–Trinajstić information content (AvgIpc) is 2.85. The Bertz CT molecular complexity index is 744. The second kappa shape index (κ2) is 4.49. The van der Waals surface area contributed by atoms with Crippen LogP contribution >= 0.6 is 0 Å². The van der Waals surface area contributed by atoms with Gasteiger partial charge in [0.05, 0.1) is 12.1 Å². The maximum absolute atomic E-state index is 11.0. The van der Waals surface area contributed by atoms with E-state index in [9.17, 15) is 4.79 Å². The number of hydrogen-bond acceptors (Lipinski definition) is 4. The summed E-state index contributed by atoms with van der Waals surface area (Å²) in [6, 6.07) is 13.8. The smallest absolute Gasteiger partial charge is 0.225 e. The average molecular weight is 253 g/mol. The van der Waals surface area contributed by atoms with E-state index in [4.69, 9.17) is 5.73 Å². The molecule has 0 atom stereocenters. The van der Waals surface area contributed by atoms with Gasteiger partial charge >= 0.3 is 0 Å². The van der Waals surface area contributed by atoms with E-state index in [1.165, 1.54) is 0 Å². The summed E-state index contributed by atoms with van der Waals surface area (Å²) in [4.78, 5) is 11.0. The Morgan fingerprint density at radius 3 is 2.79 bits per heavy atom. The minimum absolute atomic E-state index is 0.0101. The molecule has 0 saturated heterocycles. The lowest BCUT2D eigenvalue weighted by atomic mass is 10.1. The topological polar surface area (TPSA) is 86.7 Å². The number of carbonyl (C=O) groups is 1. The van der Waals surface area contributed by atoms with Gasteiger partial charge in [-0.25, -0.2) is 0 Å². The molecule has 0 aliphatic rings. The van der Waals surface area contributed by atoms with Crippen molar-refractivity contribution in [1.82, 2.24) is 20.2 Å². The van der Waals surface area contributed by atoms with E-state index < -0.39 is 5.91 Å². The summed E-state index contributed by atoms with van der Waals surface area (Å²) in [7, 11) is 0. The second-order valence-corrected chi connectivity index (χ2v) is 4.15. The molecule has 6 heteroatoms. The second-order valence-electron chi connectivity index (χ2n) is 4.15. The fraction of sp³-hybridized carbons (Fsp3) is 0.0769. The molecule has 0 radical (unpaired) electrons. The van der Waals surface area contributed by atoms with Crippen molar-refractivity contribution < 1.29 is 4.79 Å². The van der Waals surface area contributed by atoms with E-state index in [0.717, 1.165) is 16.5 Å². The van der Waals surface area contributed by atoms with Crippen molar-refractivity contribution in [3.63, 3.8) is 0 Å². The Morgan fingerprint density at radius 2 is 1.95 bits per heavy atom. The summed E-state index contributed by atoms with van der Waals surface area (Å²) >= 11 is 0. The van der Waals surface area contributed by atoms with Crippen molar-refractivity contribution in [1.29, 1.82) is 0 Å². The quantitative estimate of drug-likeness (QED) is 0.749. The highest BCUT2D eigenvalue weighted by molar-refractivity contribution is 5.90. The van der Waals surface area contributed by atoms with Crippen molar-refractivity contribution in [2.45, 2.75) is 6.42 Å². The first-order valence-corrected chi connectivity index (χ1v) is 5.79. The van der Waals surface area contributed by atoms with Gasteiger partial charge in [-0.2, -0.15) is 4.68 Å². The Hall–Kier alpha value is -2.76. The highest BCUT2D eigenvalue weighted by Gasteiger charge is 2.12. The normalized spacial score (nSPS) is 10.7. The lowest BCUT2D eigenvalue weighted by Gasteiger charge is -2.07. The summed E-state index contributed by atoms with van der Waals surface area (Å²) in [5, 5.41) is 13.5. The molecule has 19 heavy (non-hydrogen) atoms. The Labute approximate surface area is 108 Å². The largest absolute Gasteiger partial charge is 0.369 e. The van der Waals surface area contributed by atoms with Gasteiger partial charge in [-0.1, -0.05) is 36.4 Å². The van der Waals surface area contributed by atoms with Gasteiger partial charge in [0, 0.05) is 5.39 Å². The number of hydrogen-bond donors (Lipinski definition) is 1. The summed E-state index contributed by atoms with van der Waals surface area (Å²) in [5.41, 5.74) is 6.03. The molecule has 0 bridgehead atoms. The minimum Gasteiger partial charge on any atom is -0.369 e. The Balaban J connectivity index is 2.20. The van der Waals surface area contributed by atoms with Gasteiger partial charge in [0.25, 0.3) is 0 Å². The fourth-order valence-electron chi connectivity index (χ4n) is 2.05. The Kier molecular flexibility index (Phi) is 2.68. The van der Waals surface area contributed by atoms with Gasteiger partial charge in [-0.3, -0.25) is 4.79 Å². The first-order valence-electron chi connectivity index (χ1n) is 5.79. The van der Waals surface area contributed by atoms with Gasteiger partial charge in [-0.15, -0.1) is 5.10 Å². The molecule has 1 aromatic heterocycles. The van der Waals surface area contributed by atoms with Crippen LogP contribution in [0.1, 0.15) is 5.82 Å². The SMILES string of the molecule is NC(=O)Cc1nnnn1-c1cccc2ccccc12. The molecule has 0 spiro atoms. The van der Waals surface area contributed by atoms with Gasteiger partial charge in [0.2, 0.25) is 5.91 Å². The van der Waals surface area contributed by atoms with Crippen LogP contribution in [-0.4, -0.2) is 26.1 Å². The predicted molar refractivity (Wildman–Crippen MR) is 69.6 cm³/mol. The first-order chi connectivity index (χ1) is 9.25. The van der Waals surface area contributed by atoms with E-state index in [1.807, 2.05) is 42.5 Å². The summed E-state index contributed by atoms with van der Waals surface area (Å²) in [6.45, 7) is 0. The number of benzene rings is 2. The molecule has 3 aromatic rings. The predicted octanol–water partition coefficient (Wildman–Crippen LogP) is 0.843. The van der Waals surface area contributed by atoms with Crippen LogP contribution in [0.15, 0.2) is 42.5 Å². The molecule has 6 nitrogen and oxygen atoms in total. The van der Waals surface area contributed by atoms with E-state index in [2.05, 4.69) is 15.5 Å². The van der Waals surface area contributed by atoms with Crippen LogP contribution in [0.5, 0.6) is 0 Å². The zero-order chi connectivity index (χ0) is 13.2. The summed E-state index contributed by atoms with van der Waals surface area (Å²) < 4.78 is 1.55. The molecule has 3 rings (SSSR count). The number of amides is 1. The van der Waals surface area contributed by atoms with Crippen LogP contribution < -0.4 is 5.73 Å². The number of nitrogens with two attached hydrogens (primary N) is 1. The summed E-state index contributed by atoms with van der Waals surface area (Å²) in [5.74, 6) is -0.0276. The molecule has 0 aliphatic heterocycles. The third-order valence-corrected chi connectivity index (χ3v) is 2.86. The molecule has 0 unspecified atom stereocenters. The minimum atomic E-state index is -0.462. The molecular formula is C13H11N5O.